The molecule has 0 aliphatic carbocycles. The van der Waals surface area contributed by atoms with Gasteiger partial charge in [0.2, 0.25) is 5.91 Å². The highest BCUT2D eigenvalue weighted by Crippen LogP contribution is 2.35. The fourth-order valence-corrected chi connectivity index (χ4v) is 2.21. The normalized spacial score (nSPS) is 14.3. The minimum absolute atomic E-state index is 0.0657. The first kappa shape index (κ1) is 15.3. The van der Waals surface area contributed by atoms with Crippen molar-refractivity contribution in [3.05, 3.63) is 23.8 Å². The second-order valence-corrected chi connectivity index (χ2v) is 5.49. The van der Waals surface area contributed by atoms with Gasteiger partial charge in [0, 0.05) is 7.11 Å². The third-order valence-electron chi connectivity index (χ3n) is 3.51. The van der Waals surface area contributed by atoms with Gasteiger partial charge in [0.25, 0.3) is 0 Å². The van der Waals surface area contributed by atoms with Gasteiger partial charge >= 0.3 is 5.97 Å². The molecule has 21 heavy (non-hydrogen) atoms. The van der Waals surface area contributed by atoms with Crippen LogP contribution in [0.3, 0.4) is 0 Å². The van der Waals surface area contributed by atoms with Crippen LogP contribution in [0, 0.1) is 0 Å². The van der Waals surface area contributed by atoms with Crippen LogP contribution in [0.2, 0.25) is 0 Å². The van der Waals surface area contributed by atoms with Crippen LogP contribution in [0.25, 0.3) is 0 Å². The summed E-state index contributed by atoms with van der Waals surface area (Å²) >= 11 is 0. The van der Waals surface area contributed by atoms with Crippen molar-refractivity contribution in [2.24, 2.45) is 0 Å². The molecular formula is C15H19NO5. The molecule has 0 atom stereocenters. The van der Waals surface area contributed by atoms with Gasteiger partial charge in [-0.3, -0.25) is 4.79 Å². The number of aromatic carboxylic acids is 1. The van der Waals surface area contributed by atoms with E-state index in [1.165, 1.54) is 6.07 Å². The first-order valence-electron chi connectivity index (χ1n) is 6.70. The third-order valence-corrected chi connectivity index (χ3v) is 3.51. The first-order valence-corrected chi connectivity index (χ1v) is 6.70. The molecule has 0 fully saturated rings. The van der Waals surface area contributed by atoms with Crippen molar-refractivity contribution in [3.63, 3.8) is 0 Å². The van der Waals surface area contributed by atoms with Gasteiger partial charge in [0.15, 0.2) is 5.75 Å². The van der Waals surface area contributed by atoms with Gasteiger partial charge in [0.05, 0.1) is 24.3 Å². The molecule has 0 spiro atoms. The van der Waals surface area contributed by atoms with E-state index in [9.17, 15) is 14.7 Å². The summed E-state index contributed by atoms with van der Waals surface area (Å²) in [6.07, 6.45) is 0.209. The maximum absolute atomic E-state index is 12.5. The van der Waals surface area contributed by atoms with Gasteiger partial charge in [0.1, 0.15) is 12.2 Å². The lowest BCUT2D eigenvalue weighted by Gasteiger charge is -2.32. The maximum Gasteiger partial charge on any atom is 0.339 e. The van der Waals surface area contributed by atoms with Gasteiger partial charge in [-0.1, -0.05) is 6.07 Å². The lowest BCUT2D eigenvalue weighted by atomic mass is 10.0. The number of fused-ring (bicyclic) bond motifs is 1. The number of hydrogen-bond acceptors (Lipinski definition) is 4. The Bertz CT molecular complexity index is 567. The van der Waals surface area contributed by atoms with Crippen LogP contribution in [0.4, 0.5) is 5.69 Å². The van der Waals surface area contributed by atoms with E-state index in [4.69, 9.17) is 9.47 Å². The summed E-state index contributed by atoms with van der Waals surface area (Å²) in [6.45, 7) is 4.34. The summed E-state index contributed by atoms with van der Waals surface area (Å²) in [5.74, 6) is -0.938. The molecule has 1 aromatic carbocycles. The highest BCUT2D eigenvalue weighted by Gasteiger charge is 2.30. The predicted molar refractivity (Wildman–Crippen MR) is 77.0 cm³/mol. The van der Waals surface area contributed by atoms with E-state index in [2.05, 4.69) is 0 Å². The average molecular weight is 293 g/mol. The molecule has 0 saturated heterocycles. The van der Waals surface area contributed by atoms with Gasteiger partial charge in [-0.2, -0.15) is 0 Å². The molecule has 1 N–H and O–H groups in total. The Morgan fingerprint density at radius 1 is 1.43 bits per heavy atom. The number of anilines is 1. The van der Waals surface area contributed by atoms with Gasteiger partial charge in [-0.25, -0.2) is 4.79 Å². The zero-order chi connectivity index (χ0) is 15.6. The Kier molecular flexibility index (Phi) is 4.18. The van der Waals surface area contributed by atoms with Crippen molar-refractivity contribution in [1.82, 2.24) is 0 Å². The van der Waals surface area contributed by atoms with Crippen LogP contribution in [0.15, 0.2) is 18.2 Å². The van der Waals surface area contributed by atoms with Crippen LogP contribution in [-0.4, -0.2) is 42.8 Å². The Balaban J connectivity index is 2.33. The molecule has 2 rings (SSSR count). The van der Waals surface area contributed by atoms with Crippen molar-refractivity contribution in [3.8, 4) is 5.75 Å². The molecule has 114 valence electrons. The Hall–Kier alpha value is -2.08. The van der Waals surface area contributed by atoms with Crippen molar-refractivity contribution in [2.45, 2.75) is 25.9 Å². The van der Waals surface area contributed by atoms with Crippen LogP contribution in [0.1, 0.15) is 30.6 Å². The summed E-state index contributed by atoms with van der Waals surface area (Å²) < 4.78 is 10.7. The molecular weight excluding hydrogens is 274 g/mol. The third kappa shape index (κ3) is 3.16. The summed E-state index contributed by atoms with van der Waals surface area (Å²) in [7, 11) is 1.56. The van der Waals surface area contributed by atoms with E-state index in [1.54, 1.807) is 24.1 Å². The van der Waals surface area contributed by atoms with Crippen LogP contribution >= 0.6 is 0 Å². The van der Waals surface area contributed by atoms with Crippen LogP contribution < -0.4 is 9.64 Å². The summed E-state index contributed by atoms with van der Waals surface area (Å²) in [6, 6.07) is 4.77. The van der Waals surface area contributed by atoms with E-state index in [1.807, 2.05) is 13.8 Å². The Morgan fingerprint density at radius 3 is 2.76 bits per heavy atom. The van der Waals surface area contributed by atoms with E-state index in [0.717, 1.165) is 0 Å². The zero-order valence-electron chi connectivity index (χ0n) is 12.4. The zero-order valence-corrected chi connectivity index (χ0v) is 12.4. The highest BCUT2D eigenvalue weighted by molar-refractivity contribution is 6.00. The number of para-hydroxylation sites is 1. The first-order chi connectivity index (χ1) is 9.85. The average Bonchev–Trinajstić information content (AvgIpc) is 2.45. The molecule has 0 aromatic heterocycles. The summed E-state index contributed by atoms with van der Waals surface area (Å²) in [5.41, 5.74) is -0.00555. The SMILES string of the molecule is COC(C)(C)CC(=O)N1CCOc2c(C(=O)O)cccc21. The maximum atomic E-state index is 12.5. The molecule has 0 bridgehead atoms. The molecule has 0 unspecified atom stereocenters. The molecule has 1 aliphatic rings. The number of carbonyl (C=O) groups is 2. The number of methoxy groups -OCH3 is 1. The molecule has 0 radical (unpaired) electrons. The van der Waals surface area contributed by atoms with E-state index >= 15 is 0 Å². The summed E-state index contributed by atoms with van der Waals surface area (Å²) in [5, 5.41) is 9.19. The fourth-order valence-electron chi connectivity index (χ4n) is 2.21. The quantitative estimate of drug-likeness (QED) is 0.918. The van der Waals surface area contributed by atoms with Gasteiger partial charge in [-0.15, -0.1) is 0 Å². The van der Waals surface area contributed by atoms with E-state index < -0.39 is 11.6 Å². The largest absolute Gasteiger partial charge is 0.489 e. The second kappa shape index (κ2) is 5.73. The summed E-state index contributed by atoms with van der Waals surface area (Å²) in [4.78, 5) is 25.2. The molecule has 1 aliphatic heterocycles. The smallest absolute Gasteiger partial charge is 0.339 e. The number of nitrogens with zero attached hydrogens (tertiary/aromatic N) is 1. The van der Waals surface area contributed by atoms with Crippen molar-refractivity contribution < 1.29 is 24.2 Å². The number of amides is 1. The number of carbonyl (C=O) groups excluding carboxylic acids is 1. The highest BCUT2D eigenvalue weighted by atomic mass is 16.5. The van der Waals surface area contributed by atoms with Gasteiger partial charge in [-0.05, 0) is 26.0 Å². The van der Waals surface area contributed by atoms with E-state index in [-0.39, 0.29) is 30.2 Å². The molecule has 1 aromatic rings. The number of rotatable bonds is 4. The number of carboxylic acid groups (broad SMARTS) is 1. The molecule has 6 nitrogen and oxygen atoms in total. The molecule has 1 amide bonds. The number of ether oxygens (including phenoxy) is 2. The van der Waals surface area contributed by atoms with Crippen LogP contribution in [-0.2, 0) is 9.53 Å². The monoisotopic (exact) mass is 293 g/mol. The van der Waals surface area contributed by atoms with E-state index in [0.29, 0.717) is 12.2 Å². The van der Waals surface area contributed by atoms with Crippen molar-refractivity contribution in [2.75, 3.05) is 25.2 Å². The molecule has 1 heterocycles. The molecule has 6 heteroatoms. The molecule has 0 saturated carbocycles. The standard InChI is InChI=1S/C15H19NO5/c1-15(2,20-3)9-12(17)16-7-8-21-13-10(14(18)19)5-4-6-11(13)16/h4-6H,7-9H2,1-3H3,(H,18,19). The number of hydrogen-bond donors (Lipinski definition) is 1. The minimum Gasteiger partial charge on any atom is -0.489 e. The van der Waals surface area contributed by atoms with Crippen molar-refractivity contribution >= 4 is 17.6 Å². The predicted octanol–water partition coefficient (Wildman–Crippen LogP) is 1.93. The lowest BCUT2D eigenvalue weighted by molar-refractivity contribution is -0.123. The lowest BCUT2D eigenvalue weighted by Crippen LogP contribution is -2.42. The van der Waals surface area contributed by atoms with Gasteiger partial charge < -0.3 is 19.5 Å². The van der Waals surface area contributed by atoms with Crippen LogP contribution in [0.5, 0.6) is 5.75 Å². The number of carboxylic acids is 1. The van der Waals surface area contributed by atoms with Crippen molar-refractivity contribution in [1.29, 1.82) is 0 Å². The number of benzene rings is 1. The fraction of sp³-hybridized carbons (Fsp3) is 0.467. The Labute approximate surface area is 123 Å². The topological polar surface area (TPSA) is 76.1 Å². The minimum atomic E-state index is -1.07. The Morgan fingerprint density at radius 2 is 2.14 bits per heavy atom. The second-order valence-electron chi connectivity index (χ2n) is 5.49.